The Kier molecular flexibility index (Phi) is 5.62. The third-order valence-corrected chi connectivity index (χ3v) is 3.89. The number of halogens is 3. The van der Waals surface area contributed by atoms with Crippen molar-refractivity contribution in [2.24, 2.45) is 0 Å². The minimum Gasteiger partial charge on any atom is -0.505 e. The Bertz CT molecular complexity index is 627. The van der Waals surface area contributed by atoms with Crippen LogP contribution in [0.25, 0.3) is 0 Å². The first-order valence-corrected chi connectivity index (χ1v) is 7.89. The summed E-state index contributed by atoms with van der Waals surface area (Å²) in [7, 11) is 0. The van der Waals surface area contributed by atoms with Crippen molar-refractivity contribution in [3.05, 3.63) is 50.4 Å². The zero-order valence-corrected chi connectivity index (χ0v) is 14.4. The van der Waals surface area contributed by atoms with Crippen LogP contribution in [0.4, 0.5) is 5.69 Å². The van der Waals surface area contributed by atoms with Gasteiger partial charge >= 0.3 is 0 Å². The van der Waals surface area contributed by atoms with Crippen molar-refractivity contribution in [1.82, 2.24) is 0 Å². The summed E-state index contributed by atoms with van der Waals surface area (Å²) in [5, 5.41) is 13.2. The van der Waals surface area contributed by atoms with Crippen molar-refractivity contribution in [1.29, 1.82) is 0 Å². The number of benzene rings is 2. The van der Waals surface area contributed by atoms with Gasteiger partial charge in [-0.2, -0.15) is 0 Å². The smallest absolute Gasteiger partial charge is 0.152 e. The summed E-state index contributed by atoms with van der Waals surface area (Å²) in [4.78, 5) is 0. The van der Waals surface area contributed by atoms with Gasteiger partial charge in [0, 0.05) is 22.3 Å². The number of anilines is 1. The van der Waals surface area contributed by atoms with Gasteiger partial charge in [0.05, 0.1) is 16.7 Å². The fraction of sp³-hybridized carbons (Fsp3) is 0.200. The molecule has 0 bridgehead atoms. The number of phenolic OH excluding ortho intramolecular Hbond substituents is 1. The van der Waals surface area contributed by atoms with E-state index in [0.717, 1.165) is 21.5 Å². The zero-order chi connectivity index (χ0) is 15.4. The predicted molar refractivity (Wildman–Crippen MR) is 90.8 cm³/mol. The van der Waals surface area contributed by atoms with Gasteiger partial charge in [0.1, 0.15) is 5.75 Å². The second-order valence-electron chi connectivity index (χ2n) is 4.33. The highest BCUT2D eigenvalue weighted by atomic mass is 79.9. The van der Waals surface area contributed by atoms with Gasteiger partial charge in [-0.3, -0.25) is 0 Å². The number of hydrogen-bond donors (Lipinski definition) is 2. The van der Waals surface area contributed by atoms with Gasteiger partial charge in [0.15, 0.2) is 5.75 Å². The maximum atomic E-state index is 9.55. The standard InChI is InChI=1S/C15H14BrCl2NO2/c1-2-21-14-4-3-10(16)5-9(14)8-19-11-6-12(17)15(20)13(18)7-11/h3-7,19-20H,2,8H2,1H3. The third kappa shape index (κ3) is 4.19. The Morgan fingerprint density at radius 1 is 1.19 bits per heavy atom. The fourth-order valence-corrected chi connectivity index (χ4v) is 2.74. The molecule has 21 heavy (non-hydrogen) atoms. The Morgan fingerprint density at radius 3 is 2.48 bits per heavy atom. The highest BCUT2D eigenvalue weighted by Crippen LogP contribution is 2.35. The molecule has 0 atom stereocenters. The predicted octanol–water partition coefficient (Wildman–Crippen LogP) is 5.47. The maximum Gasteiger partial charge on any atom is 0.152 e. The van der Waals surface area contributed by atoms with Crippen LogP contribution in [-0.4, -0.2) is 11.7 Å². The Hall–Kier alpha value is -1.10. The SMILES string of the molecule is CCOc1ccc(Br)cc1CNc1cc(Cl)c(O)c(Cl)c1. The molecule has 112 valence electrons. The molecule has 0 saturated carbocycles. The molecule has 0 radical (unpaired) electrons. The van der Waals surface area contributed by atoms with Gasteiger partial charge in [-0.1, -0.05) is 39.1 Å². The molecule has 2 rings (SSSR count). The zero-order valence-electron chi connectivity index (χ0n) is 11.3. The summed E-state index contributed by atoms with van der Waals surface area (Å²) in [6.07, 6.45) is 0. The molecule has 3 nitrogen and oxygen atoms in total. The largest absolute Gasteiger partial charge is 0.505 e. The molecular weight excluding hydrogens is 377 g/mol. The molecule has 0 saturated heterocycles. The summed E-state index contributed by atoms with van der Waals surface area (Å²) in [6, 6.07) is 9.09. The molecule has 0 aliphatic carbocycles. The molecule has 2 N–H and O–H groups in total. The first-order valence-electron chi connectivity index (χ1n) is 6.34. The van der Waals surface area contributed by atoms with E-state index in [1.165, 1.54) is 0 Å². The van der Waals surface area contributed by atoms with Crippen molar-refractivity contribution in [2.75, 3.05) is 11.9 Å². The van der Waals surface area contributed by atoms with Crippen LogP contribution >= 0.6 is 39.1 Å². The van der Waals surface area contributed by atoms with E-state index < -0.39 is 0 Å². The van der Waals surface area contributed by atoms with Crippen molar-refractivity contribution in [3.63, 3.8) is 0 Å². The van der Waals surface area contributed by atoms with Gasteiger partial charge in [-0.05, 0) is 37.3 Å². The first kappa shape index (κ1) is 16.3. The monoisotopic (exact) mass is 389 g/mol. The van der Waals surface area contributed by atoms with E-state index >= 15 is 0 Å². The van der Waals surface area contributed by atoms with E-state index in [1.807, 2.05) is 25.1 Å². The molecule has 0 heterocycles. The number of aromatic hydroxyl groups is 1. The highest BCUT2D eigenvalue weighted by Gasteiger charge is 2.08. The van der Waals surface area contributed by atoms with E-state index in [0.29, 0.717) is 13.2 Å². The van der Waals surface area contributed by atoms with Gasteiger partial charge in [0.25, 0.3) is 0 Å². The molecule has 0 amide bonds. The maximum absolute atomic E-state index is 9.55. The molecule has 0 spiro atoms. The van der Waals surface area contributed by atoms with E-state index in [9.17, 15) is 5.11 Å². The van der Waals surface area contributed by atoms with E-state index in [-0.39, 0.29) is 15.8 Å². The highest BCUT2D eigenvalue weighted by molar-refractivity contribution is 9.10. The summed E-state index contributed by atoms with van der Waals surface area (Å²) in [5.74, 6) is 0.713. The van der Waals surface area contributed by atoms with Crippen LogP contribution in [-0.2, 0) is 6.54 Å². The van der Waals surface area contributed by atoms with Gasteiger partial charge in [-0.15, -0.1) is 0 Å². The molecule has 0 aliphatic rings. The van der Waals surface area contributed by atoms with Gasteiger partial charge < -0.3 is 15.2 Å². The van der Waals surface area contributed by atoms with Crippen LogP contribution in [0.2, 0.25) is 10.0 Å². The first-order chi connectivity index (χ1) is 10.0. The van der Waals surface area contributed by atoms with Crippen molar-refractivity contribution in [3.8, 4) is 11.5 Å². The molecule has 6 heteroatoms. The average Bonchev–Trinajstić information content (AvgIpc) is 2.45. The normalized spacial score (nSPS) is 10.5. The lowest BCUT2D eigenvalue weighted by molar-refractivity contribution is 0.337. The topological polar surface area (TPSA) is 41.5 Å². The van der Waals surface area contributed by atoms with Crippen LogP contribution < -0.4 is 10.1 Å². The molecule has 0 unspecified atom stereocenters. The number of phenols is 1. The second-order valence-corrected chi connectivity index (χ2v) is 6.06. The Balaban J connectivity index is 2.18. The summed E-state index contributed by atoms with van der Waals surface area (Å²) in [5.41, 5.74) is 1.73. The Labute approximate surface area is 142 Å². The van der Waals surface area contributed by atoms with Gasteiger partial charge in [-0.25, -0.2) is 0 Å². The lowest BCUT2D eigenvalue weighted by Crippen LogP contribution is -2.03. The minimum atomic E-state index is -0.110. The summed E-state index contributed by atoms with van der Waals surface area (Å²) in [6.45, 7) is 3.09. The van der Waals surface area contributed by atoms with Crippen molar-refractivity contribution in [2.45, 2.75) is 13.5 Å². The van der Waals surface area contributed by atoms with E-state index in [2.05, 4.69) is 21.2 Å². The molecular formula is C15H14BrCl2NO2. The van der Waals surface area contributed by atoms with Crippen LogP contribution in [0.1, 0.15) is 12.5 Å². The van der Waals surface area contributed by atoms with E-state index in [4.69, 9.17) is 27.9 Å². The van der Waals surface area contributed by atoms with Crippen LogP contribution in [0.3, 0.4) is 0 Å². The Morgan fingerprint density at radius 2 is 1.86 bits per heavy atom. The lowest BCUT2D eigenvalue weighted by atomic mass is 10.2. The van der Waals surface area contributed by atoms with Crippen LogP contribution in [0.15, 0.2) is 34.8 Å². The minimum absolute atomic E-state index is 0.110. The fourth-order valence-electron chi connectivity index (χ4n) is 1.85. The summed E-state index contributed by atoms with van der Waals surface area (Å²) < 4.78 is 6.57. The van der Waals surface area contributed by atoms with Gasteiger partial charge in [0.2, 0.25) is 0 Å². The second kappa shape index (κ2) is 7.25. The van der Waals surface area contributed by atoms with Crippen molar-refractivity contribution < 1.29 is 9.84 Å². The van der Waals surface area contributed by atoms with Crippen molar-refractivity contribution >= 4 is 44.8 Å². The molecule has 0 aromatic heterocycles. The number of nitrogens with one attached hydrogen (secondary N) is 1. The average molecular weight is 391 g/mol. The van der Waals surface area contributed by atoms with Crippen LogP contribution in [0, 0.1) is 0 Å². The molecule has 2 aromatic rings. The molecule has 0 aliphatic heterocycles. The quantitative estimate of drug-likeness (QED) is 0.664. The van der Waals surface area contributed by atoms with E-state index in [1.54, 1.807) is 12.1 Å². The van der Waals surface area contributed by atoms with Crippen LogP contribution in [0.5, 0.6) is 11.5 Å². The molecule has 0 fully saturated rings. The lowest BCUT2D eigenvalue weighted by Gasteiger charge is -2.13. The third-order valence-electron chi connectivity index (χ3n) is 2.82. The number of ether oxygens (including phenoxy) is 1. The summed E-state index contributed by atoms with van der Waals surface area (Å²) >= 11 is 15.2. The number of hydrogen-bond acceptors (Lipinski definition) is 3. The molecule has 2 aromatic carbocycles. The number of rotatable bonds is 5.